The van der Waals surface area contributed by atoms with Crippen LogP contribution in [0, 0.1) is 5.92 Å². The topological polar surface area (TPSA) is 93.2 Å². The van der Waals surface area contributed by atoms with Crippen LogP contribution in [0.5, 0.6) is 0 Å². The average molecular weight is 342 g/mol. The zero-order valence-electron chi connectivity index (χ0n) is 15.0. The number of hydrogen-bond acceptors (Lipinski definition) is 6. The second-order valence-corrected chi connectivity index (χ2v) is 6.81. The Morgan fingerprint density at radius 3 is 1.96 bits per heavy atom. The Morgan fingerprint density at radius 1 is 1.00 bits per heavy atom. The SMILES string of the molecule is COC(=O)C(=O)CC(C)C(=O)N1CCN(C(=O)OC(C)(C)C)CC1. The minimum atomic E-state index is -0.940. The van der Waals surface area contributed by atoms with E-state index in [1.807, 2.05) is 0 Å². The number of ether oxygens (including phenoxy) is 2. The molecule has 0 spiro atoms. The van der Waals surface area contributed by atoms with E-state index >= 15 is 0 Å². The van der Waals surface area contributed by atoms with Gasteiger partial charge in [0.1, 0.15) is 5.60 Å². The van der Waals surface area contributed by atoms with E-state index in [0.717, 1.165) is 7.11 Å². The van der Waals surface area contributed by atoms with Crippen molar-refractivity contribution >= 4 is 23.8 Å². The van der Waals surface area contributed by atoms with Crippen molar-refractivity contribution in [1.82, 2.24) is 9.80 Å². The second-order valence-electron chi connectivity index (χ2n) is 6.81. The number of hydrogen-bond donors (Lipinski definition) is 0. The van der Waals surface area contributed by atoms with Gasteiger partial charge in [0.05, 0.1) is 7.11 Å². The Morgan fingerprint density at radius 2 is 1.50 bits per heavy atom. The lowest BCUT2D eigenvalue weighted by Gasteiger charge is -2.36. The molecule has 2 amide bonds. The van der Waals surface area contributed by atoms with E-state index in [1.54, 1.807) is 37.5 Å². The Labute approximate surface area is 142 Å². The van der Waals surface area contributed by atoms with Gasteiger partial charge in [-0.25, -0.2) is 9.59 Å². The number of esters is 1. The zero-order valence-corrected chi connectivity index (χ0v) is 15.0. The maximum Gasteiger partial charge on any atom is 0.410 e. The van der Waals surface area contributed by atoms with Gasteiger partial charge in [-0.15, -0.1) is 0 Å². The summed E-state index contributed by atoms with van der Waals surface area (Å²) in [6.07, 6.45) is -0.582. The molecule has 1 atom stereocenters. The number of carbonyl (C=O) groups is 4. The number of Topliss-reactive ketones (excluding diaryl/α,β-unsaturated/α-hetero) is 1. The van der Waals surface area contributed by atoms with Crippen LogP contribution in [0.1, 0.15) is 34.1 Å². The van der Waals surface area contributed by atoms with Crippen molar-refractivity contribution in [2.24, 2.45) is 5.92 Å². The van der Waals surface area contributed by atoms with Gasteiger partial charge in [-0.1, -0.05) is 6.92 Å². The van der Waals surface area contributed by atoms with E-state index in [1.165, 1.54) is 0 Å². The number of carbonyl (C=O) groups excluding carboxylic acids is 4. The van der Waals surface area contributed by atoms with E-state index in [9.17, 15) is 19.2 Å². The van der Waals surface area contributed by atoms with Crippen molar-refractivity contribution in [3.8, 4) is 0 Å². The molecule has 0 saturated carbocycles. The van der Waals surface area contributed by atoms with Gasteiger partial charge in [-0.05, 0) is 20.8 Å². The quantitative estimate of drug-likeness (QED) is 0.555. The highest BCUT2D eigenvalue weighted by molar-refractivity contribution is 6.33. The van der Waals surface area contributed by atoms with Gasteiger partial charge in [0.15, 0.2) is 0 Å². The molecule has 136 valence electrons. The first-order valence-electron chi connectivity index (χ1n) is 7.93. The normalized spacial score (nSPS) is 16.4. The predicted molar refractivity (Wildman–Crippen MR) is 85.2 cm³/mol. The molecule has 0 aromatic rings. The lowest BCUT2D eigenvalue weighted by Crippen LogP contribution is -2.52. The van der Waals surface area contributed by atoms with Gasteiger partial charge in [0, 0.05) is 38.5 Å². The molecule has 1 unspecified atom stereocenters. The van der Waals surface area contributed by atoms with Crippen LogP contribution in [-0.2, 0) is 23.9 Å². The minimum Gasteiger partial charge on any atom is -0.463 e. The zero-order chi connectivity index (χ0) is 18.5. The number of nitrogens with zero attached hydrogens (tertiary/aromatic N) is 2. The highest BCUT2D eigenvalue weighted by Crippen LogP contribution is 2.14. The molecule has 1 saturated heterocycles. The molecule has 24 heavy (non-hydrogen) atoms. The third-order valence-electron chi connectivity index (χ3n) is 3.57. The highest BCUT2D eigenvalue weighted by atomic mass is 16.6. The fourth-order valence-corrected chi connectivity index (χ4v) is 2.31. The van der Waals surface area contributed by atoms with Gasteiger partial charge >= 0.3 is 12.1 Å². The Kier molecular flexibility index (Phi) is 6.74. The summed E-state index contributed by atoms with van der Waals surface area (Å²) in [6, 6.07) is 0. The van der Waals surface area contributed by atoms with Gasteiger partial charge in [-0.2, -0.15) is 0 Å². The molecule has 8 nitrogen and oxygen atoms in total. The predicted octanol–water partition coefficient (Wildman–Crippen LogP) is 0.834. The van der Waals surface area contributed by atoms with Crippen molar-refractivity contribution in [1.29, 1.82) is 0 Å². The first-order chi connectivity index (χ1) is 11.0. The van der Waals surface area contributed by atoms with E-state index < -0.39 is 29.4 Å². The van der Waals surface area contributed by atoms with E-state index in [2.05, 4.69) is 4.74 Å². The van der Waals surface area contributed by atoms with Gasteiger partial charge in [-0.3, -0.25) is 9.59 Å². The third kappa shape index (κ3) is 5.82. The Bertz CT molecular complexity index is 503. The summed E-state index contributed by atoms with van der Waals surface area (Å²) in [5, 5.41) is 0. The maximum absolute atomic E-state index is 12.3. The summed E-state index contributed by atoms with van der Waals surface area (Å²) in [4.78, 5) is 50.1. The Hall–Kier alpha value is -2.12. The summed E-state index contributed by atoms with van der Waals surface area (Å²) < 4.78 is 9.65. The van der Waals surface area contributed by atoms with Crippen molar-refractivity contribution in [2.45, 2.75) is 39.7 Å². The van der Waals surface area contributed by atoms with Crippen molar-refractivity contribution in [3.63, 3.8) is 0 Å². The lowest BCUT2D eigenvalue weighted by atomic mass is 10.0. The summed E-state index contributed by atoms with van der Waals surface area (Å²) in [6.45, 7) is 8.48. The molecular weight excluding hydrogens is 316 g/mol. The molecule has 1 heterocycles. The summed E-state index contributed by atoms with van der Waals surface area (Å²) >= 11 is 0. The smallest absolute Gasteiger partial charge is 0.410 e. The van der Waals surface area contributed by atoms with Crippen molar-refractivity contribution in [3.05, 3.63) is 0 Å². The summed E-state index contributed by atoms with van der Waals surface area (Å²) in [7, 11) is 1.13. The number of piperazine rings is 1. The van der Waals surface area contributed by atoms with Crippen molar-refractivity contribution < 1.29 is 28.7 Å². The van der Waals surface area contributed by atoms with Crippen LogP contribution in [-0.4, -0.2) is 72.4 Å². The van der Waals surface area contributed by atoms with Crippen LogP contribution in [0.4, 0.5) is 4.79 Å². The van der Waals surface area contributed by atoms with Gasteiger partial charge in [0.2, 0.25) is 11.7 Å². The largest absolute Gasteiger partial charge is 0.463 e. The van der Waals surface area contributed by atoms with Crippen LogP contribution in [0.15, 0.2) is 0 Å². The number of methoxy groups -OCH3 is 1. The average Bonchev–Trinajstić information content (AvgIpc) is 2.51. The number of ketones is 1. The van der Waals surface area contributed by atoms with Crippen LogP contribution < -0.4 is 0 Å². The lowest BCUT2D eigenvalue weighted by molar-refractivity contribution is -0.153. The summed E-state index contributed by atoms with van der Waals surface area (Å²) in [5.41, 5.74) is -0.563. The van der Waals surface area contributed by atoms with Crippen LogP contribution in [0.25, 0.3) is 0 Å². The van der Waals surface area contributed by atoms with Gasteiger partial charge in [0.25, 0.3) is 0 Å². The minimum absolute atomic E-state index is 0.183. The third-order valence-corrected chi connectivity index (χ3v) is 3.57. The van der Waals surface area contributed by atoms with Gasteiger partial charge < -0.3 is 19.3 Å². The van der Waals surface area contributed by atoms with Crippen molar-refractivity contribution in [2.75, 3.05) is 33.3 Å². The van der Waals surface area contributed by atoms with E-state index in [-0.39, 0.29) is 12.3 Å². The van der Waals surface area contributed by atoms with Crippen LogP contribution in [0.3, 0.4) is 0 Å². The molecule has 0 N–H and O–H groups in total. The summed E-state index contributed by atoms with van der Waals surface area (Å²) in [5.74, 6) is -2.48. The molecule has 1 fully saturated rings. The molecule has 0 bridgehead atoms. The van der Waals surface area contributed by atoms with Crippen LogP contribution >= 0.6 is 0 Å². The van der Waals surface area contributed by atoms with E-state index in [4.69, 9.17) is 4.74 Å². The molecule has 0 radical (unpaired) electrons. The number of amides is 2. The monoisotopic (exact) mass is 342 g/mol. The number of rotatable bonds is 4. The first kappa shape index (κ1) is 19.9. The standard InChI is InChI=1S/C16H26N2O6/c1-11(10-12(19)14(21)23-5)13(20)17-6-8-18(9-7-17)15(22)24-16(2,3)4/h11H,6-10H2,1-5H3. The fourth-order valence-electron chi connectivity index (χ4n) is 2.31. The fraction of sp³-hybridized carbons (Fsp3) is 0.750. The molecule has 0 aromatic carbocycles. The Balaban J connectivity index is 2.49. The maximum atomic E-state index is 12.3. The highest BCUT2D eigenvalue weighted by Gasteiger charge is 2.30. The first-order valence-corrected chi connectivity index (χ1v) is 7.93. The molecule has 8 heteroatoms. The molecule has 1 aliphatic rings. The second kappa shape index (κ2) is 8.12. The van der Waals surface area contributed by atoms with E-state index in [0.29, 0.717) is 26.2 Å². The van der Waals surface area contributed by atoms with Crippen LogP contribution in [0.2, 0.25) is 0 Å². The molecule has 0 aromatic heterocycles. The molecule has 0 aliphatic carbocycles. The molecular formula is C16H26N2O6. The molecule has 1 aliphatic heterocycles. The molecule has 1 rings (SSSR count).